The van der Waals surface area contributed by atoms with Crippen LogP contribution in [0, 0.1) is 5.92 Å². The second-order valence-corrected chi connectivity index (χ2v) is 9.80. The summed E-state index contributed by atoms with van der Waals surface area (Å²) >= 11 is 0. The third kappa shape index (κ3) is 2.67. The number of aromatic nitrogens is 1. The molecule has 3 aliphatic heterocycles. The summed E-state index contributed by atoms with van der Waals surface area (Å²) in [6.45, 7) is 5.61. The number of carbonyl (C=O) groups is 1. The summed E-state index contributed by atoms with van der Waals surface area (Å²) in [6, 6.07) is 3.37. The molecule has 3 fully saturated rings. The summed E-state index contributed by atoms with van der Waals surface area (Å²) in [4.78, 5) is 18.5. The van der Waals surface area contributed by atoms with Crippen LogP contribution >= 0.6 is 0 Å². The predicted molar refractivity (Wildman–Crippen MR) is 91.5 cm³/mol. The van der Waals surface area contributed by atoms with E-state index in [0.717, 1.165) is 0 Å². The molecule has 0 aliphatic carbocycles. The van der Waals surface area contributed by atoms with E-state index in [1.807, 2.05) is 13.8 Å². The van der Waals surface area contributed by atoms with Crippen molar-refractivity contribution < 1.29 is 17.9 Å². The number of likely N-dealkylation sites (tertiary alicyclic amines) is 1. The molecule has 1 aromatic heterocycles. The van der Waals surface area contributed by atoms with E-state index >= 15 is 0 Å². The molecule has 25 heavy (non-hydrogen) atoms. The van der Waals surface area contributed by atoms with Crippen LogP contribution in [0.5, 0.6) is 0 Å². The summed E-state index contributed by atoms with van der Waals surface area (Å²) in [7, 11) is -3.38. The quantitative estimate of drug-likeness (QED) is 0.789. The van der Waals surface area contributed by atoms with E-state index in [1.54, 1.807) is 33.7 Å². The van der Waals surface area contributed by atoms with E-state index in [1.165, 1.54) is 0 Å². The van der Waals surface area contributed by atoms with Gasteiger partial charge in [-0.3, -0.25) is 9.78 Å². The molecule has 2 bridgehead atoms. The van der Waals surface area contributed by atoms with Gasteiger partial charge in [0.05, 0.1) is 12.6 Å². The molecule has 4 rings (SSSR count). The average Bonchev–Trinajstić information content (AvgIpc) is 2.93. The van der Waals surface area contributed by atoms with Gasteiger partial charge < -0.3 is 9.64 Å². The third-order valence-electron chi connectivity index (χ3n) is 5.29. The van der Waals surface area contributed by atoms with Crippen molar-refractivity contribution in [3.05, 3.63) is 30.1 Å². The molecule has 7 nitrogen and oxygen atoms in total. The number of carbonyl (C=O) groups excluding carboxylic acids is 1. The number of sulfonamides is 1. The molecule has 1 amide bonds. The van der Waals surface area contributed by atoms with Gasteiger partial charge in [0.1, 0.15) is 10.9 Å². The van der Waals surface area contributed by atoms with Gasteiger partial charge in [0.15, 0.2) is 0 Å². The first-order valence-corrected chi connectivity index (χ1v) is 10.2. The van der Waals surface area contributed by atoms with Gasteiger partial charge in [0.25, 0.3) is 5.91 Å². The predicted octanol–water partition coefficient (Wildman–Crippen LogP) is 0.735. The second kappa shape index (κ2) is 5.75. The Morgan fingerprint density at radius 3 is 2.76 bits per heavy atom. The first-order chi connectivity index (χ1) is 11.8. The first-order valence-electron chi connectivity index (χ1n) is 8.68. The maximum absolute atomic E-state index is 12.9. The van der Waals surface area contributed by atoms with Crippen molar-refractivity contribution in [1.82, 2.24) is 14.2 Å². The average molecular weight is 365 g/mol. The van der Waals surface area contributed by atoms with Crippen LogP contribution in [-0.4, -0.2) is 71.6 Å². The minimum absolute atomic E-state index is 0.0876. The highest BCUT2D eigenvalue weighted by Crippen LogP contribution is 2.46. The van der Waals surface area contributed by atoms with Crippen LogP contribution in [0.2, 0.25) is 0 Å². The highest BCUT2D eigenvalue weighted by Gasteiger charge is 2.65. The van der Waals surface area contributed by atoms with Crippen molar-refractivity contribution in [3.8, 4) is 0 Å². The van der Waals surface area contributed by atoms with Gasteiger partial charge in [-0.25, -0.2) is 8.42 Å². The lowest BCUT2D eigenvalue weighted by molar-refractivity contribution is -0.0980. The molecule has 8 heteroatoms. The zero-order valence-corrected chi connectivity index (χ0v) is 15.3. The summed E-state index contributed by atoms with van der Waals surface area (Å²) < 4.78 is 33.6. The molecule has 3 aliphatic rings. The van der Waals surface area contributed by atoms with Crippen LogP contribution in [0.3, 0.4) is 0 Å². The number of hydrogen-bond donors (Lipinski definition) is 0. The molecule has 0 N–H and O–H groups in total. The van der Waals surface area contributed by atoms with Crippen molar-refractivity contribution in [2.24, 2.45) is 5.92 Å². The molecule has 1 spiro atoms. The molecule has 136 valence electrons. The summed E-state index contributed by atoms with van der Waals surface area (Å²) in [5.41, 5.74) is -0.219. The SMILES string of the molecule is CC(C)CN1C[C@@]23CN(C(=O)c4ccncc4)C[C@@H](C[C@@H]2S1(=O)=O)O3. The van der Waals surface area contributed by atoms with Crippen molar-refractivity contribution in [2.75, 3.05) is 26.2 Å². The number of ether oxygens (including phenoxy) is 1. The van der Waals surface area contributed by atoms with E-state index in [4.69, 9.17) is 4.74 Å². The second-order valence-electron chi connectivity index (χ2n) is 7.68. The lowest BCUT2D eigenvalue weighted by atomic mass is 9.99. The van der Waals surface area contributed by atoms with Crippen LogP contribution in [0.25, 0.3) is 0 Å². The Balaban J connectivity index is 1.61. The third-order valence-corrected chi connectivity index (χ3v) is 7.63. The van der Waals surface area contributed by atoms with E-state index < -0.39 is 20.9 Å². The summed E-state index contributed by atoms with van der Waals surface area (Å²) in [5, 5.41) is -0.543. The molecular formula is C17H23N3O4S. The highest BCUT2D eigenvalue weighted by molar-refractivity contribution is 7.90. The zero-order chi connectivity index (χ0) is 17.8. The van der Waals surface area contributed by atoms with Crippen LogP contribution < -0.4 is 0 Å². The molecule has 0 radical (unpaired) electrons. The lowest BCUT2D eigenvalue weighted by Crippen LogP contribution is -2.56. The van der Waals surface area contributed by atoms with Crippen LogP contribution in [0.15, 0.2) is 24.5 Å². The van der Waals surface area contributed by atoms with Crippen LogP contribution in [-0.2, 0) is 14.8 Å². The Hall–Kier alpha value is -1.51. The van der Waals surface area contributed by atoms with Gasteiger partial charge in [0.2, 0.25) is 10.0 Å². The molecular weight excluding hydrogens is 342 g/mol. The fourth-order valence-electron chi connectivity index (χ4n) is 4.35. The van der Waals surface area contributed by atoms with Gasteiger partial charge in [-0.05, 0) is 24.5 Å². The van der Waals surface area contributed by atoms with Gasteiger partial charge in [-0.2, -0.15) is 4.31 Å². The number of pyridine rings is 1. The molecule has 3 saturated heterocycles. The monoisotopic (exact) mass is 365 g/mol. The van der Waals surface area contributed by atoms with Gasteiger partial charge in [-0.15, -0.1) is 0 Å². The number of nitrogens with zero attached hydrogens (tertiary/aromatic N) is 3. The zero-order valence-electron chi connectivity index (χ0n) is 14.5. The maximum Gasteiger partial charge on any atom is 0.254 e. The number of amides is 1. The Labute approximate surface area is 148 Å². The number of rotatable bonds is 3. The van der Waals surface area contributed by atoms with Gasteiger partial charge >= 0.3 is 0 Å². The van der Waals surface area contributed by atoms with E-state index in [2.05, 4.69) is 4.98 Å². The van der Waals surface area contributed by atoms with Crippen molar-refractivity contribution >= 4 is 15.9 Å². The first kappa shape index (κ1) is 16.9. The Bertz CT molecular complexity index is 782. The number of morpholine rings is 1. The van der Waals surface area contributed by atoms with Crippen LogP contribution in [0.4, 0.5) is 0 Å². The molecule has 3 atom stereocenters. The van der Waals surface area contributed by atoms with Crippen molar-refractivity contribution in [1.29, 1.82) is 0 Å². The molecule has 0 saturated carbocycles. The Morgan fingerprint density at radius 1 is 1.36 bits per heavy atom. The Morgan fingerprint density at radius 2 is 2.08 bits per heavy atom. The minimum Gasteiger partial charge on any atom is -0.365 e. The molecule has 0 aromatic carbocycles. The van der Waals surface area contributed by atoms with E-state index in [-0.39, 0.29) is 17.9 Å². The molecule has 1 aromatic rings. The fraction of sp³-hybridized carbons (Fsp3) is 0.647. The molecule has 0 unspecified atom stereocenters. The normalized spacial score (nSPS) is 33.6. The smallest absolute Gasteiger partial charge is 0.254 e. The Kier molecular flexibility index (Phi) is 3.90. The standard InChI is InChI=1S/C17H23N3O4S/c1-12(2)8-20-11-17-10-19(16(21)13-3-5-18-6-4-13)9-14(24-17)7-15(17)25(20,22)23/h3-6,12,14-15H,7-11H2,1-2H3/t14-,15+,17+/m1/s1. The number of fused-ring (bicyclic) bond motifs is 1. The maximum atomic E-state index is 12.9. The number of hydrogen-bond acceptors (Lipinski definition) is 5. The topological polar surface area (TPSA) is 79.8 Å². The van der Waals surface area contributed by atoms with E-state index in [9.17, 15) is 13.2 Å². The van der Waals surface area contributed by atoms with E-state index in [0.29, 0.717) is 38.2 Å². The largest absolute Gasteiger partial charge is 0.365 e. The van der Waals surface area contributed by atoms with Crippen molar-refractivity contribution in [3.63, 3.8) is 0 Å². The lowest BCUT2D eigenvalue weighted by Gasteiger charge is -2.39. The van der Waals surface area contributed by atoms with Crippen molar-refractivity contribution in [2.45, 2.75) is 37.2 Å². The molecule has 4 heterocycles. The summed E-state index contributed by atoms with van der Waals surface area (Å²) in [5.74, 6) is 0.161. The van der Waals surface area contributed by atoms with Gasteiger partial charge in [0, 0.05) is 37.6 Å². The highest BCUT2D eigenvalue weighted by atomic mass is 32.2. The van der Waals surface area contributed by atoms with Gasteiger partial charge in [-0.1, -0.05) is 13.8 Å². The fourth-order valence-corrected chi connectivity index (χ4v) is 6.82. The minimum atomic E-state index is -3.38. The van der Waals surface area contributed by atoms with Crippen LogP contribution in [0.1, 0.15) is 30.6 Å². The summed E-state index contributed by atoms with van der Waals surface area (Å²) in [6.07, 6.45) is 3.44.